The molecule has 1 aliphatic carbocycles. The molecule has 0 bridgehead atoms. The number of hydrogen-bond donors (Lipinski definition) is 0. The molecule has 0 saturated heterocycles. The Kier molecular flexibility index (Phi) is 4.91. The molecule has 3 heteroatoms. The Balaban J connectivity index is 0.000000218. The SMILES string of the molecule is CC(=O)[O-].CC1=[C]([Mn+])CC=C1. The molecule has 0 heterocycles. The number of aliphatic carboxylic acids is 1. The monoisotopic (exact) mass is 193 g/mol. The van der Waals surface area contributed by atoms with Gasteiger partial charge in [-0.05, 0) is 6.92 Å². The van der Waals surface area contributed by atoms with Crippen LogP contribution in [-0.2, 0) is 20.8 Å². The molecule has 0 aromatic heterocycles. The summed E-state index contributed by atoms with van der Waals surface area (Å²) in [6.07, 6.45) is 5.37. The first-order valence-electron chi connectivity index (χ1n) is 3.23. The zero-order valence-electron chi connectivity index (χ0n) is 6.56. The molecule has 0 aliphatic heterocycles. The fraction of sp³-hybridized carbons (Fsp3) is 0.375. The molecule has 0 aromatic rings. The van der Waals surface area contributed by atoms with Crippen LogP contribution in [0.2, 0.25) is 0 Å². The summed E-state index contributed by atoms with van der Waals surface area (Å²) in [6.45, 7) is 3.08. The van der Waals surface area contributed by atoms with Crippen LogP contribution >= 0.6 is 0 Å². The van der Waals surface area contributed by atoms with Gasteiger partial charge in [0.15, 0.2) is 0 Å². The van der Waals surface area contributed by atoms with E-state index in [0.29, 0.717) is 0 Å². The average Bonchev–Trinajstić information content (AvgIpc) is 2.15. The molecule has 1 aliphatic rings. The molecule has 0 saturated carbocycles. The van der Waals surface area contributed by atoms with E-state index >= 15 is 0 Å². The predicted octanol–water partition coefficient (Wildman–Crippen LogP) is 0.523. The van der Waals surface area contributed by atoms with Crippen LogP contribution < -0.4 is 5.11 Å². The van der Waals surface area contributed by atoms with E-state index in [9.17, 15) is 0 Å². The van der Waals surface area contributed by atoms with E-state index in [0.717, 1.165) is 13.3 Å². The molecule has 61 valence electrons. The van der Waals surface area contributed by atoms with Gasteiger partial charge in [-0.15, -0.1) is 0 Å². The van der Waals surface area contributed by atoms with Crippen LogP contribution in [0.1, 0.15) is 20.3 Å². The van der Waals surface area contributed by atoms with Gasteiger partial charge in [-0.1, -0.05) is 0 Å². The second-order valence-electron chi connectivity index (χ2n) is 2.19. The molecule has 0 fully saturated rings. The van der Waals surface area contributed by atoms with Crippen molar-refractivity contribution < 1.29 is 25.9 Å². The Morgan fingerprint density at radius 3 is 2.27 bits per heavy atom. The minimum absolute atomic E-state index is 0.972. The van der Waals surface area contributed by atoms with Gasteiger partial charge in [0.1, 0.15) is 0 Å². The number of carboxylic acids is 1. The van der Waals surface area contributed by atoms with E-state index in [-0.39, 0.29) is 0 Å². The van der Waals surface area contributed by atoms with Gasteiger partial charge in [-0.25, -0.2) is 0 Å². The maximum absolute atomic E-state index is 8.89. The van der Waals surface area contributed by atoms with Gasteiger partial charge >= 0.3 is 51.6 Å². The van der Waals surface area contributed by atoms with E-state index in [4.69, 9.17) is 9.90 Å². The Morgan fingerprint density at radius 1 is 1.73 bits per heavy atom. The van der Waals surface area contributed by atoms with Crippen LogP contribution in [0, 0.1) is 0 Å². The molecular weight excluding hydrogens is 183 g/mol. The van der Waals surface area contributed by atoms with Crippen molar-refractivity contribution in [2.24, 2.45) is 0 Å². The fourth-order valence-electron chi connectivity index (χ4n) is 0.591. The summed E-state index contributed by atoms with van der Waals surface area (Å²) in [5, 5.41) is 8.89. The molecule has 0 radical (unpaired) electrons. The number of rotatable bonds is 0. The second-order valence-corrected chi connectivity index (χ2v) is 2.90. The average molecular weight is 193 g/mol. The van der Waals surface area contributed by atoms with Crippen molar-refractivity contribution in [3.05, 3.63) is 22.2 Å². The van der Waals surface area contributed by atoms with Crippen molar-refractivity contribution >= 4 is 5.97 Å². The molecule has 0 atom stereocenters. The number of carboxylic acid groups (broad SMARTS) is 1. The quantitative estimate of drug-likeness (QED) is 0.526. The second kappa shape index (κ2) is 5.16. The van der Waals surface area contributed by atoms with Crippen LogP contribution in [0.3, 0.4) is 0 Å². The maximum atomic E-state index is 8.89. The fourth-order valence-corrected chi connectivity index (χ4v) is 0.828. The van der Waals surface area contributed by atoms with Crippen LogP contribution in [-0.4, -0.2) is 5.97 Å². The third kappa shape index (κ3) is 5.89. The van der Waals surface area contributed by atoms with Gasteiger partial charge in [0.2, 0.25) is 0 Å². The van der Waals surface area contributed by atoms with Gasteiger partial charge in [0.25, 0.3) is 0 Å². The van der Waals surface area contributed by atoms with Gasteiger partial charge in [0, 0.05) is 5.97 Å². The van der Waals surface area contributed by atoms with E-state index in [2.05, 4.69) is 35.1 Å². The van der Waals surface area contributed by atoms with Gasteiger partial charge in [-0.3, -0.25) is 0 Å². The zero-order chi connectivity index (χ0) is 8.85. The summed E-state index contributed by atoms with van der Waals surface area (Å²) >= 11 is 3.42. The Labute approximate surface area is 74.8 Å². The van der Waals surface area contributed by atoms with Gasteiger partial charge in [-0.2, -0.15) is 0 Å². The molecule has 2 nitrogen and oxygen atoms in total. The Hall–Kier alpha value is -0.531. The number of carbonyl (C=O) groups excluding carboxylic acids is 1. The van der Waals surface area contributed by atoms with Gasteiger partial charge < -0.3 is 9.90 Å². The molecule has 0 amide bonds. The van der Waals surface area contributed by atoms with Crippen molar-refractivity contribution in [2.75, 3.05) is 0 Å². The molecule has 1 rings (SSSR count). The number of hydrogen-bond acceptors (Lipinski definition) is 2. The standard InChI is InChI=1S/C6H7.C2H4O2.Mn/c1-6-4-2-3-5-6;1-2(3)4;/h2,4H,3H2,1H3;1H3,(H,3,4);/q;;+1/p-1. The van der Waals surface area contributed by atoms with Crippen molar-refractivity contribution in [1.82, 2.24) is 0 Å². The van der Waals surface area contributed by atoms with Crippen molar-refractivity contribution in [2.45, 2.75) is 20.3 Å². The van der Waals surface area contributed by atoms with E-state index in [1.54, 1.807) is 0 Å². The first-order chi connectivity index (χ1) is 5.04. The van der Waals surface area contributed by atoms with Crippen molar-refractivity contribution in [3.63, 3.8) is 0 Å². The Morgan fingerprint density at radius 2 is 2.18 bits per heavy atom. The summed E-state index contributed by atoms with van der Waals surface area (Å²) < 4.78 is 1.33. The zero-order valence-corrected chi connectivity index (χ0v) is 7.74. The Bertz CT molecular complexity index is 200. The summed E-state index contributed by atoms with van der Waals surface area (Å²) in [5.74, 6) is -1.08. The molecular formula is C8H10MnO2. The third-order valence-corrected chi connectivity index (χ3v) is 1.80. The molecule has 0 unspecified atom stereocenters. The number of allylic oxidation sites excluding steroid dienone is 4. The summed E-state index contributed by atoms with van der Waals surface area (Å²) in [6, 6.07) is 0. The van der Waals surface area contributed by atoms with Crippen molar-refractivity contribution in [1.29, 1.82) is 0 Å². The molecule has 0 aromatic carbocycles. The first-order valence-corrected chi connectivity index (χ1v) is 3.82. The first kappa shape index (κ1) is 10.5. The van der Waals surface area contributed by atoms with E-state index < -0.39 is 5.97 Å². The molecule has 0 N–H and O–H groups in total. The van der Waals surface area contributed by atoms with Crippen LogP contribution in [0.5, 0.6) is 0 Å². The van der Waals surface area contributed by atoms with Crippen LogP contribution in [0.4, 0.5) is 0 Å². The molecule has 0 spiro atoms. The third-order valence-electron chi connectivity index (χ3n) is 1.09. The summed E-state index contributed by atoms with van der Waals surface area (Å²) in [4.78, 5) is 8.89. The predicted molar refractivity (Wildman–Crippen MR) is 37.1 cm³/mol. The summed E-state index contributed by atoms with van der Waals surface area (Å²) in [5.41, 5.74) is 1.36. The minimum atomic E-state index is -1.08. The van der Waals surface area contributed by atoms with Crippen LogP contribution in [0.15, 0.2) is 22.2 Å². The topological polar surface area (TPSA) is 40.1 Å². The number of carbonyl (C=O) groups is 1. The van der Waals surface area contributed by atoms with Gasteiger partial charge in [0.05, 0.1) is 0 Å². The summed E-state index contributed by atoms with van der Waals surface area (Å²) in [7, 11) is 0. The molecule has 11 heavy (non-hydrogen) atoms. The van der Waals surface area contributed by atoms with E-state index in [1.165, 1.54) is 10.0 Å². The van der Waals surface area contributed by atoms with Crippen LogP contribution in [0.25, 0.3) is 0 Å². The van der Waals surface area contributed by atoms with Crippen molar-refractivity contribution in [3.8, 4) is 0 Å². The normalized spacial score (nSPS) is 14.4. The van der Waals surface area contributed by atoms with E-state index in [1.807, 2.05) is 0 Å².